The molecule has 2 aromatic rings. The van der Waals surface area contributed by atoms with Gasteiger partial charge in [0.05, 0.1) is 39.3 Å². The number of nitrogens with zero attached hydrogens (tertiary/aromatic N) is 1. The van der Waals surface area contributed by atoms with E-state index < -0.39 is 0 Å². The molecule has 1 heterocycles. The molecule has 0 spiro atoms. The van der Waals surface area contributed by atoms with Crippen LogP contribution in [0.2, 0.25) is 0 Å². The summed E-state index contributed by atoms with van der Waals surface area (Å²) in [6, 6.07) is 8.19. The monoisotopic (exact) mass is 419 g/mol. The Morgan fingerprint density at radius 2 is 2.00 bits per heavy atom. The highest BCUT2D eigenvalue weighted by Gasteiger charge is 2.15. The van der Waals surface area contributed by atoms with Crippen LogP contribution < -0.4 is 15.8 Å². The van der Waals surface area contributed by atoms with E-state index in [0.29, 0.717) is 24.8 Å². The first-order chi connectivity index (χ1) is 14.0. The molecule has 0 unspecified atom stereocenters. The number of rotatable bonds is 11. The lowest BCUT2D eigenvalue weighted by Crippen LogP contribution is -3.12. The van der Waals surface area contributed by atoms with Gasteiger partial charge in [0.1, 0.15) is 0 Å². The van der Waals surface area contributed by atoms with Crippen molar-refractivity contribution in [1.82, 2.24) is 15.2 Å². The molecule has 0 amide bonds. The molecule has 0 radical (unpaired) electrons. The van der Waals surface area contributed by atoms with E-state index in [9.17, 15) is 4.79 Å². The fraction of sp³-hybridized carbons (Fsp3) is 0.545. The molecule has 1 aromatic heterocycles. The van der Waals surface area contributed by atoms with Gasteiger partial charge in [-0.05, 0) is 61.6 Å². The average molecular weight is 420 g/mol. The van der Waals surface area contributed by atoms with Crippen molar-refractivity contribution < 1.29 is 9.64 Å². The first-order valence-electron chi connectivity index (χ1n) is 10.5. The second-order valence-electron chi connectivity index (χ2n) is 7.25. The summed E-state index contributed by atoms with van der Waals surface area (Å²) in [5, 5.41) is 4.97. The third-order valence-electron chi connectivity index (χ3n) is 5.36. The summed E-state index contributed by atoms with van der Waals surface area (Å²) in [5.74, 6) is 0. The number of aromatic nitrogens is 1. The van der Waals surface area contributed by atoms with E-state index in [2.05, 4.69) is 48.1 Å². The number of H-pyrrole nitrogens is 1. The minimum absolute atomic E-state index is 0.0540. The number of fused-ring (bicyclic) bond motifs is 1. The zero-order valence-corrected chi connectivity index (χ0v) is 19.0. The van der Waals surface area contributed by atoms with Crippen LogP contribution in [0, 0.1) is 0 Å². The van der Waals surface area contributed by atoms with Crippen LogP contribution in [0.3, 0.4) is 0 Å². The summed E-state index contributed by atoms with van der Waals surface area (Å²) in [5.41, 5.74) is 2.81. The van der Waals surface area contributed by atoms with Gasteiger partial charge in [-0.1, -0.05) is 13.0 Å². The van der Waals surface area contributed by atoms with Gasteiger partial charge in [-0.15, -0.1) is 0 Å². The molecule has 0 bridgehead atoms. The summed E-state index contributed by atoms with van der Waals surface area (Å²) in [6.07, 6.45) is 0.969. The van der Waals surface area contributed by atoms with Crippen LogP contribution in [0.15, 0.2) is 29.1 Å². The molecule has 0 saturated heterocycles. The molecule has 0 atom stereocenters. The topological polar surface area (TPSA) is 61.8 Å². The predicted molar refractivity (Wildman–Crippen MR) is 124 cm³/mol. The summed E-state index contributed by atoms with van der Waals surface area (Å²) in [6.45, 7) is 12.2. The summed E-state index contributed by atoms with van der Waals surface area (Å²) < 4.78 is 5.11. The molecule has 6 nitrogen and oxygen atoms in total. The van der Waals surface area contributed by atoms with Gasteiger partial charge < -0.3 is 24.8 Å². The van der Waals surface area contributed by atoms with Gasteiger partial charge in [-0.2, -0.15) is 0 Å². The van der Waals surface area contributed by atoms with Crippen LogP contribution in [-0.2, 0) is 17.7 Å². The van der Waals surface area contributed by atoms with Gasteiger partial charge in [0.15, 0.2) is 5.11 Å². The van der Waals surface area contributed by atoms with Crippen molar-refractivity contribution in [3.8, 4) is 0 Å². The number of ether oxygens (including phenoxy) is 1. The number of nitrogens with one attached hydrogen (secondary N) is 3. The molecule has 29 heavy (non-hydrogen) atoms. The smallest absolute Gasteiger partial charge is 0.253 e. The van der Waals surface area contributed by atoms with Crippen molar-refractivity contribution in [3.63, 3.8) is 0 Å². The standard InChI is InChI=1S/C22H34N4O2S/c1-5-17-8-9-20-18(14-17)15-19(21(27)24-20)16-26(12-11-25(6-2)7-3)22(29)23-10-13-28-4/h8-9,14-15H,5-7,10-13,16H2,1-4H3,(H,23,29)(H,24,27)/p+1. The number of hydrogen-bond acceptors (Lipinski definition) is 3. The van der Waals surface area contributed by atoms with Crippen molar-refractivity contribution in [2.24, 2.45) is 0 Å². The van der Waals surface area contributed by atoms with Crippen LogP contribution in [0.4, 0.5) is 0 Å². The summed E-state index contributed by atoms with van der Waals surface area (Å²) in [4.78, 5) is 19.3. The molecule has 0 fully saturated rings. The molecule has 2 rings (SSSR count). The van der Waals surface area contributed by atoms with E-state index in [0.717, 1.165) is 49.1 Å². The zero-order valence-electron chi connectivity index (χ0n) is 18.1. The number of hydrogen-bond donors (Lipinski definition) is 3. The van der Waals surface area contributed by atoms with Gasteiger partial charge in [-0.3, -0.25) is 4.79 Å². The second-order valence-corrected chi connectivity index (χ2v) is 7.64. The third kappa shape index (κ3) is 6.80. The SMILES string of the molecule is CCc1ccc2[nH]c(=O)c(CN(CC[NH+](CC)CC)C(=S)NCCOC)cc2c1. The highest BCUT2D eigenvalue weighted by atomic mass is 32.1. The lowest BCUT2D eigenvalue weighted by molar-refractivity contribution is -0.895. The lowest BCUT2D eigenvalue weighted by atomic mass is 10.1. The normalized spacial score (nSPS) is 11.2. The molecule has 160 valence electrons. The van der Waals surface area contributed by atoms with E-state index in [1.54, 1.807) is 7.11 Å². The van der Waals surface area contributed by atoms with Crippen LogP contribution in [0.25, 0.3) is 10.9 Å². The lowest BCUT2D eigenvalue weighted by Gasteiger charge is -2.27. The molecule has 3 N–H and O–H groups in total. The van der Waals surface area contributed by atoms with Crippen molar-refractivity contribution in [3.05, 3.63) is 45.7 Å². The average Bonchev–Trinajstić information content (AvgIpc) is 2.73. The van der Waals surface area contributed by atoms with Gasteiger partial charge in [0.25, 0.3) is 5.56 Å². The zero-order chi connectivity index (χ0) is 21.2. The molecule has 0 saturated carbocycles. The summed E-state index contributed by atoms with van der Waals surface area (Å²) >= 11 is 5.63. The van der Waals surface area contributed by atoms with E-state index in [1.807, 2.05) is 12.1 Å². The largest absolute Gasteiger partial charge is 0.383 e. The van der Waals surface area contributed by atoms with E-state index in [-0.39, 0.29) is 5.56 Å². The Kier molecular flexibility index (Phi) is 9.57. The maximum absolute atomic E-state index is 12.7. The Bertz CT molecular complexity index is 848. The van der Waals surface area contributed by atoms with Crippen molar-refractivity contribution >= 4 is 28.2 Å². The Labute approximate surface area is 179 Å². The van der Waals surface area contributed by atoms with Crippen molar-refractivity contribution in [1.29, 1.82) is 0 Å². The summed E-state index contributed by atoms with van der Waals surface area (Å²) in [7, 11) is 1.67. The van der Waals surface area contributed by atoms with Crippen LogP contribution in [-0.4, -0.2) is 61.4 Å². The molecule has 0 aliphatic carbocycles. The molecule has 7 heteroatoms. The first-order valence-corrected chi connectivity index (χ1v) is 10.9. The Morgan fingerprint density at radius 3 is 2.66 bits per heavy atom. The molecule has 0 aliphatic rings. The molecular weight excluding hydrogens is 384 g/mol. The van der Waals surface area contributed by atoms with E-state index in [1.165, 1.54) is 10.5 Å². The Hall–Kier alpha value is -1.96. The third-order valence-corrected chi connectivity index (χ3v) is 5.76. The maximum atomic E-state index is 12.7. The van der Waals surface area contributed by atoms with Gasteiger partial charge in [0.2, 0.25) is 0 Å². The van der Waals surface area contributed by atoms with Crippen molar-refractivity contribution in [2.45, 2.75) is 33.7 Å². The number of thiocarbonyl (C=S) groups is 1. The van der Waals surface area contributed by atoms with Gasteiger partial charge in [0, 0.05) is 24.7 Å². The van der Waals surface area contributed by atoms with E-state index >= 15 is 0 Å². The van der Waals surface area contributed by atoms with E-state index in [4.69, 9.17) is 17.0 Å². The molecule has 1 aromatic carbocycles. The Balaban J connectivity index is 2.24. The van der Waals surface area contributed by atoms with Gasteiger partial charge in [-0.25, -0.2) is 0 Å². The number of quaternary nitrogens is 1. The van der Waals surface area contributed by atoms with Crippen LogP contribution in [0.5, 0.6) is 0 Å². The molecule has 0 aliphatic heterocycles. The van der Waals surface area contributed by atoms with Crippen LogP contribution >= 0.6 is 12.2 Å². The van der Waals surface area contributed by atoms with Crippen LogP contribution in [0.1, 0.15) is 31.9 Å². The highest BCUT2D eigenvalue weighted by Crippen LogP contribution is 2.15. The minimum atomic E-state index is -0.0540. The predicted octanol–water partition coefficient (Wildman–Crippen LogP) is 1.34. The number of benzene rings is 1. The quantitative estimate of drug-likeness (QED) is 0.379. The van der Waals surface area contributed by atoms with Gasteiger partial charge >= 0.3 is 0 Å². The number of methoxy groups -OCH3 is 1. The molecular formula is C22H35N4O2S+. The number of likely N-dealkylation sites (N-methyl/N-ethyl adjacent to an activating group) is 1. The Morgan fingerprint density at radius 1 is 1.24 bits per heavy atom. The fourth-order valence-corrected chi connectivity index (χ4v) is 3.62. The second kappa shape index (κ2) is 11.9. The maximum Gasteiger partial charge on any atom is 0.253 e. The fourth-order valence-electron chi connectivity index (χ4n) is 3.37. The number of pyridine rings is 1. The first kappa shape index (κ1) is 23.3. The number of aromatic amines is 1. The van der Waals surface area contributed by atoms with Crippen molar-refractivity contribution in [2.75, 3.05) is 46.4 Å². The number of aryl methyl sites for hydroxylation is 1. The highest BCUT2D eigenvalue weighted by molar-refractivity contribution is 7.80. The minimum Gasteiger partial charge on any atom is -0.383 e.